The zero-order valence-electron chi connectivity index (χ0n) is 19.0. The van der Waals surface area contributed by atoms with E-state index in [1.54, 1.807) is 6.08 Å². The van der Waals surface area contributed by atoms with E-state index in [4.69, 9.17) is 0 Å². The van der Waals surface area contributed by atoms with Crippen LogP contribution in [0.4, 0.5) is 5.69 Å². The van der Waals surface area contributed by atoms with E-state index >= 15 is 0 Å². The van der Waals surface area contributed by atoms with E-state index in [1.165, 1.54) is 5.56 Å². The molecule has 0 aromatic heterocycles. The lowest BCUT2D eigenvalue weighted by molar-refractivity contribution is -0.134. The van der Waals surface area contributed by atoms with Gasteiger partial charge in [0.2, 0.25) is 5.91 Å². The van der Waals surface area contributed by atoms with E-state index in [2.05, 4.69) is 41.4 Å². The van der Waals surface area contributed by atoms with Crippen LogP contribution in [0.5, 0.6) is 0 Å². The molecule has 170 valence electrons. The van der Waals surface area contributed by atoms with Crippen molar-refractivity contribution >= 4 is 35.2 Å². The summed E-state index contributed by atoms with van der Waals surface area (Å²) in [6.07, 6.45) is 3.56. The van der Waals surface area contributed by atoms with Crippen LogP contribution >= 0.6 is 11.8 Å². The molecule has 34 heavy (non-hydrogen) atoms. The first-order valence-electron chi connectivity index (χ1n) is 11.7. The van der Waals surface area contributed by atoms with E-state index in [0.29, 0.717) is 0 Å². The molecule has 4 atom stereocenters. The van der Waals surface area contributed by atoms with Crippen LogP contribution in [0.2, 0.25) is 0 Å². The zero-order chi connectivity index (χ0) is 23.3. The molecule has 1 amide bonds. The van der Waals surface area contributed by atoms with Gasteiger partial charge in [-0.2, -0.15) is 0 Å². The second-order valence-corrected chi connectivity index (χ2v) is 10.4. The Kier molecular flexibility index (Phi) is 5.19. The fraction of sp³-hybridized carbons (Fsp3) is 0.241. The fourth-order valence-electron chi connectivity index (χ4n) is 6.07. The number of benzene rings is 3. The van der Waals surface area contributed by atoms with Gasteiger partial charge in [-0.3, -0.25) is 14.5 Å². The second kappa shape index (κ2) is 8.26. The minimum absolute atomic E-state index is 0.000631. The van der Waals surface area contributed by atoms with E-state index in [1.807, 2.05) is 72.4 Å². The van der Waals surface area contributed by atoms with Crippen LogP contribution < -0.4 is 5.32 Å². The summed E-state index contributed by atoms with van der Waals surface area (Å²) in [6.45, 7) is 2.07. The number of ketones is 1. The molecule has 0 radical (unpaired) electrons. The van der Waals surface area contributed by atoms with E-state index in [-0.39, 0.29) is 23.7 Å². The zero-order valence-corrected chi connectivity index (χ0v) is 19.8. The van der Waals surface area contributed by atoms with Crippen molar-refractivity contribution in [3.8, 4) is 0 Å². The average molecular weight is 467 g/mol. The standard InChI is InChI=1S/C29H26N2O2S/c1-19-11-14-21(15-12-19)26-24-17-34-18-31(24)29(22-9-5-6-10-23(22)30-28(29)33)27(26)25(32)16-13-20-7-3-2-4-8-20/h2-16,24,26-27H,17-18H2,1H3,(H,30,33)/b16-13+/t24-,26-,27+,29+/m1/s1. The van der Waals surface area contributed by atoms with Crippen molar-refractivity contribution in [2.45, 2.75) is 24.4 Å². The normalized spacial score (nSPS) is 27.8. The third-order valence-electron chi connectivity index (χ3n) is 7.54. The third-order valence-corrected chi connectivity index (χ3v) is 8.57. The molecule has 3 aliphatic rings. The van der Waals surface area contributed by atoms with E-state index in [9.17, 15) is 9.59 Å². The number of hydrogen-bond acceptors (Lipinski definition) is 4. The number of thioether (sulfide) groups is 1. The van der Waals surface area contributed by atoms with E-state index < -0.39 is 11.5 Å². The fourth-order valence-corrected chi connectivity index (χ4v) is 7.40. The van der Waals surface area contributed by atoms with E-state index in [0.717, 1.165) is 34.0 Å². The van der Waals surface area contributed by atoms with Gasteiger partial charge in [-0.25, -0.2) is 0 Å². The smallest absolute Gasteiger partial charge is 0.250 e. The highest BCUT2D eigenvalue weighted by molar-refractivity contribution is 7.99. The Balaban J connectivity index is 1.54. The summed E-state index contributed by atoms with van der Waals surface area (Å²) in [7, 11) is 0. The maximum Gasteiger partial charge on any atom is 0.250 e. The van der Waals surface area contributed by atoms with Gasteiger partial charge in [0, 0.05) is 34.8 Å². The Morgan fingerprint density at radius 1 is 1.03 bits per heavy atom. The molecule has 3 heterocycles. The number of allylic oxidation sites excluding steroid dienone is 1. The number of carbonyl (C=O) groups is 2. The highest BCUT2D eigenvalue weighted by Gasteiger charge is 2.69. The number of anilines is 1. The van der Waals surface area contributed by atoms with Gasteiger partial charge in [0.1, 0.15) is 5.54 Å². The van der Waals surface area contributed by atoms with Crippen molar-refractivity contribution in [1.82, 2.24) is 4.90 Å². The second-order valence-electron chi connectivity index (χ2n) is 9.36. The molecule has 0 bridgehead atoms. The molecule has 0 aliphatic carbocycles. The predicted octanol–water partition coefficient (Wildman–Crippen LogP) is 5.21. The number of para-hydroxylation sites is 1. The van der Waals surface area contributed by atoms with Crippen molar-refractivity contribution in [1.29, 1.82) is 0 Å². The maximum atomic E-state index is 14.1. The Morgan fingerprint density at radius 2 is 1.76 bits per heavy atom. The highest BCUT2D eigenvalue weighted by Crippen LogP contribution is 2.60. The summed E-state index contributed by atoms with van der Waals surface area (Å²) in [4.78, 5) is 30.3. The molecule has 2 fully saturated rings. The number of carbonyl (C=O) groups excluding carboxylic acids is 2. The Bertz CT molecular complexity index is 1290. The lowest BCUT2D eigenvalue weighted by Gasteiger charge is -2.36. The Hall–Kier alpha value is -3.15. The number of hydrogen-bond donors (Lipinski definition) is 1. The van der Waals surface area contributed by atoms with Crippen molar-refractivity contribution < 1.29 is 9.59 Å². The highest BCUT2D eigenvalue weighted by atomic mass is 32.2. The van der Waals surface area contributed by atoms with Crippen LogP contribution in [-0.4, -0.2) is 34.3 Å². The van der Waals surface area contributed by atoms with Crippen LogP contribution in [0.3, 0.4) is 0 Å². The number of rotatable bonds is 4. The quantitative estimate of drug-likeness (QED) is 0.536. The van der Waals surface area contributed by atoms with Crippen LogP contribution in [0.25, 0.3) is 6.08 Å². The maximum absolute atomic E-state index is 14.1. The Labute approximate surface area is 204 Å². The van der Waals surface area contributed by atoms with Crippen LogP contribution in [0.15, 0.2) is 84.9 Å². The molecule has 3 aromatic carbocycles. The van der Waals surface area contributed by atoms with Gasteiger partial charge in [0.25, 0.3) is 0 Å². The van der Waals surface area contributed by atoms with Gasteiger partial charge in [-0.1, -0.05) is 84.4 Å². The topological polar surface area (TPSA) is 49.4 Å². The molecular weight excluding hydrogens is 440 g/mol. The average Bonchev–Trinajstić information content (AvgIpc) is 3.52. The molecule has 0 saturated carbocycles. The number of amides is 1. The number of fused-ring (bicyclic) bond motifs is 4. The molecule has 1 spiro atoms. The summed E-state index contributed by atoms with van der Waals surface area (Å²) in [6, 6.07) is 26.3. The molecular formula is C29H26N2O2S. The lowest BCUT2D eigenvalue weighted by atomic mass is 9.70. The van der Waals surface area contributed by atoms with Gasteiger partial charge >= 0.3 is 0 Å². The van der Waals surface area contributed by atoms with Crippen molar-refractivity contribution in [3.63, 3.8) is 0 Å². The first-order valence-corrected chi connectivity index (χ1v) is 12.8. The minimum atomic E-state index is -1.00. The van der Waals surface area contributed by atoms with Crippen LogP contribution in [0.1, 0.15) is 28.2 Å². The SMILES string of the molecule is Cc1ccc([C@@H]2[C@H]3CSCN3[C@]3(C(=O)Nc4ccccc43)[C@H]2C(=O)/C=C/c2ccccc2)cc1. The van der Waals surface area contributed by atoms with Gasteiger partial charge in [0.05, 0.1) is 5.92 Å². The molecule has 6 rings (SSSR count). The minimum Gasteiger partial charge on any atom is -0.324 e. The lowest BCUT2D eigenvalue weighted by Crippen LogP contribution is -2.52. The molecule has 5 heteroatoms. The summed E-state index contributed by atoms with van der Waals surface area (Å²) < 4.78 is 0. The van der Waals surface area contributed by atoms with Crippen LogP contribution in [-0.2, 0) is 15.1 Å². The number of nitrogens with one attached hydrogen (secondary N) is 1. The molecule has 1 N–H and O–H groups in total. The monoisotopic (exact) mass is 466 g/mol. The molecule has 0 unspecified atom stereocenters. The first kappa shape index (κ1) is 21.4. The predicted molar refractivity (Wildman–Crippen MR) is 138 cm³/mol. The summed E-state index contributed by atoms with van der Waals surface area (Å²) >= 11 is 1.85. The van der Waals surface area contributed by atoms with Gasteiger partial charge in [0.15, 0.2) is 5.78 Å². The largest absolute Gasteiger partial charge is 0.324 e. The van der Waals surface area contributed by atoms with Gasteiger partial charge in [-0.15, -0.1) is 11.8 Å². The summed E-state index contributed by atoms with van der Waals surface area (Å²) in [5.41, 5.74) is 4.03. The molecule has 3 aliphatic heterocycles. The summed E-state index contributed by atoms with van der Waals surface area (Å²) in [5, 5.41) is 3.12. The van der Waals surface area contributed by atoms with Crippen molar-refractivity contribution in [2.24, 2.45) is 5.92 Å². The Morgan fingerprint density at radius 3 is 2.56 bits per heavy atom. The number of nitrogens with zero attached hydrogens (tertiary/aromatic N) is 1. The van der Waals surface area contributed by atoms with Crippen LogP contribution in [0, 0.1) is 12.8 Å². The van der Waals surface area contributed by atoms with Crippen molar-refractivity contribution in [3.05, 3.63) is 107 Å². The molecule has 4 nitrogen and oxygen atoms in total. The third kappa shape index (κ3) is 3.11. The van der Waals surface area contributed by atoms with Crippen molar-refractivity contribution in [2.75, 3.05) is 16.9 Å². The number of aryl methyl sites for hydroxylation is 1. The van der Waals surface area contributed by atoms with Gasteiger partial charge < -0.3 is 5.32 Å². The summed E-state index contributed by atoms with van der Waals surface area (Å²) in [5.74, 6) is 0.983. The van der Waals surface area contributed by atoms with Gasteiger partial charge in [-0.05, 0) is 30.2 Å². The first-order chi connectivity index (χ1) is 16.6. The molecule has 3 aromatic rings. The molecule has 2 saturated heterocycles.